The van der Waals surface area contributed by atoms with Gasteiger partial charge in [0.25, 0.3) is 22.7 Å². The number of nitrogen functional groups attached to an aromatic ring is 1. The molecule has 0 saturated carbocycles. The Morgan fingerprint density at radius 1 is 0.376 bits per heavy atom. The quantitative estimate of drug-likeness (QED) is 0.0202. The number of aliphatic imine (C=N–C) groups is 1. The number of aromatic nitrogens is 14. The molecular formula is C103H133N31O13S2. The first-order chi connectivity index (χ1) is 70.2. The predicted octanol–water partition coefficient (Wildman–Crippen LogP) is 13.1. The Balaban J connectivity index is 0.000000154. The van der Waals surface area contributed by atoms with Crippen LogP contribution in [0.25, 0.3) is 56.9 Å². The average molecular weight is 2080 g/mol. The highest BCUT2D eigenvalue weighted by Crippen LogP contribution is 2.39. The zero-order chi connectivity index (χ0) is 99.9. The normalized spacial score (nSPS) is 16.1. The number of hydrogen-bond acceptors (Lipinski definition) is 37. The topological polar surface area (TPSA) is 475 Å². The number of nitrogens with two attached hydrogens (primary N) is 1. The minimum atomic E-state index is -0.409. The zero-order valence-corrected chi connectivity index (χ0v) is 82.5. The molecule has 10 aliphatic rings. The first kappa shape index (κ1) is 111. The molecule has 0 bridgehead atoms. The van der Waals surface area contributed by atoms with E-state index in [1.54, 1.807) is 66.5 Å². The highest BCUT2D eigenvalue weighted by atomic mass is 32.2. The molecule has 17 heterocycles. The molecule has 5 aromatic carbocycles. The number of nitro groups is 4. The first-order valence-corrected chi connectivity index (χ1v) is 49.7. The van der Waals surface area contributed by atoms with E-state index in [4.69, 9.17) is 91.5 Å². The van der Waals surface area contributed by atoms with Crippen LogP contribution in [0.3, 0.4) is 0 Å². The molecule has 22 rings (SSSR count). The van der Waals surface area contributed by atoms with Gasteiger partial charge in [-0.2, -0.15) is 0 Å². The van der Waals surface area contributed by atoms with E-state index < -0.39 is 19.7 Å². The summed E-state index contributed by atoms with van der Waals surface area (Å²) in [6, 6.07) is 33.3. The molecule has 0 atom stereocenters. The Labute approximate surface area is 877 Å². The number of nitrogens with zero attached hydrogens (tertiary/aromatic N) is 28. The number of benzene rings is 5. The maximum Gasteiger partial charge on any atom is 0.269 e. The van der Waals surface area contributed by atoms with Crippen LogP contribution < -0.4 is 50.7 Å². The van der Waals surface area contributed by atoms with Crippen molar-refractivity contribution < 1.29 is 43.4 Å². The van der Waals surface area contributed by atoms with Crippen LogP contribution in [0.1, 0.15) is 93.4 Å². The minimum Gasteiger partial charge on any atom is -0.399 e. The number of anilines is 8. The van der Waals surface area contributed by atoms with Crippen molar-refractivity contribution in [3.8, 4) is 56.9 Å². The molecule has 149 heavy (non-hydrogen) atoms. The van der Waals surface area contributed by atoms with Gasteiger partial charge in [0, 0.05) is 261 Å². The first-order valence-electron chi connectivity index (χ1n) is 48.0. The lowest BCUT2D eigenvalue weighted by atomic mass is 10.0. The number of non-ortho nitro benzene ring substituents is 4. The van der Waals surface area contributed by atoms with E-state index in [1.165, 1.54) is 65.2 Å². The highest BCUT2D eigenvalue weighted by molar-refractivity contribution is 8.13. The van der Waals surface area contributed by atoms with Crippen molar-refractivity contribution in [2.24, 2.45) is 19.1 Å². The number of morpholine rings is 5. The van der Waals surface area contributed by atoms with E-state index in [-0.39, 0.29) is 59.9 Å². The zero-order valence-electron chi connectivity index (χ0n) is 80.8. The number of ether oxygens (including phenoxy) is 5. The molecule has 10 aliphatic heterocycles. The van der Waals surface area contributed by atoms with E-state index in [0.29, 0.717) is 101 Å². The van der Waals surface area contributed by atoms with Crippen molar-refractivity contribution in [1.82, 2.24) is 89.4 Å². The molecule has 0 spiro atoms. The van der Waals surface area contributed by atoms with Gasteiger partial charge in [0.15, 0.2) is 39.4 Å². The molecule has 5 fully saturated rings. The number of nitrogens with one attached hydrogen (secondary N) is 2. The third kappa shape index (κ3) is 26.1. The lowest BCUT2D eigenvalue weighted by molar-refractivity contribution is -0.385. The fraction of sp³-hybridized carbons (Fsp3) is 0.437. The maximum absolute atomic E-state index is 11.0. The molecule has 7 aromatic heterocycles. The number of thioether (sulfide) groups is 1. The van der Waals surface area contributed by atoms with Gasteiger partial charge in [-0.3, -0.25) is 45.4 Å². The second kappa shape index (κ2) is 51.7. The van der Waals surface area contributed by atoms with Gasteiger partial charge in [0.1, 0.15) is 29.1 Å². The van der Waals surface area contributed by atoms with Crippen LogP contribution in [0.5, 0.6) is 0 Å². The Bertz CT molecular complexity index is 6620. The third-order valence-corrected chi connectivity index (χ3v) is 27.7. The highest BCUT2D eigenvalue weighted by Gasteiger charge is 2.35. The van der Waals surface area contributed by atoms with Gasteiger partial charge in [-0.1, -0.05) is 48.9 Å². The summed E-state index contributed by atoms with van der Waals surface area (Å²) in [5, 5.41) is 51.9. The van der Waals surface area contributed by atoms with Crippen LogP contribution >= 0.6 is 24.0 Å². The number of thiocarbonyl (C=S) groups is 1. The van der Waals surface area contributed by atoms with Crippen LogP contribution in [0.2, 0.25) is 0 Å². The average Bonchev–Trinajstić information content (AvgIpc) is 1.74. The molecule has 790 valence electrons. The van der Waals surface area contributed by atoms with Gasteiger partial charge < -0.3 is 93.3 Å². The van der Waals surface area contributed by atoms with E-state index in [0.717, 1.165) is 282 Å². The molecule has 44 nitrogen and oxygen atoms in total. The third-order valence-electron chi connectivity index (χ3n) is 26.5. The van der Waals surface area contributed by atoms with Gasteiger partial charge in [-0.15, -0.1) is 0 Å². The molecule has 0 amide bonds. The Morgan fingerprint density at radius 2 is 0.644 bits per heavy atom. The number of aryl methyl sites for hydroxylation is 2. The molecule has 5 saturated heterocycles. The number of nitro benzene ring substituents is 4. The van der Waals surface area contributed by atoms with Gasteiger partial charge in [0.2, 0.25) is 11.9 Å². The smallest absolute Gasteiger partial charge is 0.269 e. The summed E-state index contributed by atoms with van der Waals surface area (Å²) in [5.41, 5.74) is 21.8. The standard InChI is InChI=1S/C21H23N7O3.C21H25N7O.C20H24N6O3S.C19H22N6O3S.C17H19N5O3.5CH4/c1-25-9-7-22-21(25)27-8-6-17-18(14-27)23-19(15-2-4-16(5-3-15)28(29)30)24-20(17)26-10-12-31-13-11-26;1-26-9-7-23-21(26)28-8-6-17-18(14-28)24-19(15-2-4-16(22)5-3-15)25-20(17)27-10-12-29-13-11-27;1-21-20(30-2)25-8-7-16-17(13-25)22-18(14-3-5-15(6-4-14)26(27)28)23-19(16)24-9-11-29-12-10-24;1-20-19(29)24-7-6-15-16(12-24)21-17(13-2-4-14(5-3-13)25(26)27)22-18(15)23-8-10-28-11-9-23;23-22(24)13-3-1-12(2-4-13)16-19-15-11-18-6-5-14(15)17(20-16)21-7-9-25-10-8-21;;;;;/h2-5,7,9H,6,8,10-14H2,1H3;2-5,7,9H,6,8,10-14,22H2,1H3;3-6H,7-13H2,1-2H3;2-5H,6-12H2,1H3,(H,20,29);1-4,18H,5-11H2;5*1H4. The van der Waals surface area contributed by atoms with Crippen molar-refractivity contribution in [2.45, 2.75) is 102 Å². The second-order valence-electron chi connectivity index (χ2n) is 35.4. The summed E-state index contributed by atoms with van der Waals surface area (Å²) in [4.78, 5) is 125. The van der Waals surface area contributed by atoms with E-state index in [1.807, 2.05) is 81.9 Å². The Hall–Kier alpha value is -14.8. The van der Waals surface area contributed by atoms with Crippen LogP contribution in [-0.4, -0.2) is 293 Å². The summed E-state index contributed by atoms with van der Waals surface area (Å²) in [6.45, 7) is 22.7. The summed E-state index contributed by atoms with van der Waals surface area (Å²) >= 11 is 7.04. The monoisotopic (exact) mass is 2080 g/mol. The van der Waals surface area contributed by atoms with Crippen molar-refractivity contribution in [1.29, 1.82) is 0 Å². The molecular weight excluding hydrogens is 1940 g/mol. The lowest BCUT2D eigenvalue weighted by Crippen LogP contribution is -2.43. The van der Waals surface area contributed by atoms with Crippen molar-refractivity contribution in [2.75, 3.05) is 225 Å². The molecule has 46 heteroatoms. The number of imidazole rings is 2. The number of amidine groups is 1. The van der Waals surface area contributed by atoms with Crippen LogP contribution in [0, 0.1) is 40.5 Å². The van der Waals surface area contributed by atoms with Gasteiger partial charge >= 0.3 is 0 Å². The fourth-order valence-electron chi connectivity index (χ4n) is 18.9. The van der Waals surface area contributed by atoms with E-state index in [9.17, 15) is 40.5 Å². The predicted molar refractivity (Wildman–Crippen MR) is 585 cm³/mol. The largest absolute Gasteiger partial charge is 0.399 e. The van der Waals surface area contributed by atoms with E-state index in [2.05, 4.69) is 74.3 Å². The molecule has 0 aliphatic carbocycles. The van der Waals surface area contributed by atoms with Gasteiger partial charge in [0.05, 0.1) is 140 Å². The van der Waals surface area contributed by atoms with Crippen LogP contribution in [0.4, 0.5) is 69.4 Å². The Morgan fingerprint density at radius 3 is 0.919 bits per heavy atom. The summed E-state index contributed by atoms with van der Waals surface area (Å²) in [6.07, 6.45) is 13.9. The van der Waals surface area contributed by atoms with Crippen LogP contribution in [-0.2, 0) is 103 Å². The van der Waals surface area contributed by atoms with E-state index >= 15 is 0 Å². The molecule has 0 unspecified atom stereocenters. The number of fused-ring (bicyclic) bond motifs is 5. The fourth-order valence-corrected chi connectivity index (χ4v) is 19.6. The van der Waals surface area contributed by atoms with Crippen molar-refractivity contribution in [3.63, 3.8) is 0 Å². The second-order valence-corrected chi connectivity index (χ2v) is 36.5. The summed E-state index contributed by atoms with van der Waals surface area (Å²) < 4.78 is 31.6. The number of rotatable bonds is 16. The van der Waals surface area contributed by atoms with Crippen molar-refractivity contribution in [3.05, 3.63) is 243 Å². The summed E-state index contributed by atoms with van der Waals surface area (Å²) in [7, 11) is 7.64. The molecule has 4 N–H and O–H groups in total. The number of hydrogen-bond donors (Lipinski definition) is 3. The van der Waals surface area contributed by atoms with Gasteiger partial charge in [-0.25, -0.2) is 59.8 Å². The van der Waals surface area contributed by atoms with Gasteiger partial charge in [-0.05, 0) is 130 Å². The van der Waals surface area contributed by atoms with Crippen molar-refractivity contribution >= 4 is 104 Å². The Kier molecular flexibility index (Phi) is 38.6. The summed E-state index contributed by atoms with van der Waals surface area (Å²) in [5.74, 6) is 9.82. The molecule has 0 radical (unpaired) electrons. The van der Waals surface area contributed by atoms with Crippen LogP contribution in [0.15, 0.2) is 151 Å². The minimum absolute atomic E-state index is 0. The SMILES string of the molecule is C.C.C.C.C.CN=C(SC)N1CCc2c(nc(-c3ccc([N+](=O)[O-])cc3)nc2N2CCOCC2)C1.CNC(=S)N1CCc2c(nc(-c3ccc([N+](=O)[O-])cc3)nc2N2CCOCC2)C1.Cn1ccnc1N1CCc2c(nc(-c3ccc(N)cc3)nc2N2CCOCC2)C1.Cn1ccnc1N1CCc2c(nc(-c3ccc([N+](=O)[O-])cc3)nc2N2CCOCC2)C1.O=[N+]([O-])c1ccc(-c2nc3c(c(N4CCOCC4)n2)CCNC3)cc1. The maximum atomic E-state index is 11.0. The lowest BCUT2D eigenvalue weighted by Gasteiger charge is -2.35. The molecule has 12 aromatic rings.